The molecule has 1 aromatic carbocycles. The Labute approximate surface area is 142 Å². The smallest absolute Gasteiger partial charge is 0.410 e. The van der Waals surface area contributed by atoms with Crippen LogP contribution in [-0.2, 0) is 4.74 Å². The van der Waals surface area contributed by atoms with Crippen LogP contribution < -0.4 is 5.32 Å². The van der Waals surface area contributed by atoms with E-state index in [1.54, 1.807) is 18.0 Å². The molecule has 0 heterocycles. The number of carbonyl (C=O) groups excluding carboxylic acids is 1. The first-order chi connectivity index (χ1) is 10.1. The summed E-state index contributed by atoms with van der Waals surface area (Å²) in [6.45, 7) is 8.79. The number of ether oxygens (including phenoxy) is 1. The number of nitrogens with zero attached hydrogens (tertiary/aromatic N) is 1. The largest absolute Gasteiger partial charge is 0.444 e. The predicted molar refractivity (Wildman–Crippen MR) is 91.7 cm³/mol. The number of halogens is 2. The second kappa shape index (κ2) is 8.04. The third kappa shape index (κ3) is 6.42. The van der Waals surface area contributed by atoms with Crippen LogP contribution in [0.3, 0.4) is 0 Å². The summed E-state index contributed by atoms with van der Waals surface area (Å²) >= 11 is 11.9. The number of nitrogens with one attached hydrogen (secondary N) is 1. The maximum atomic E-state index is 11.8. The molecule has 0 aromatic heterocycles. The van der Waals surface area contributed by atoms with Crippen molar-refractivity contribution in [1.29, 1.82) is 0 Å². The predicted octanol–water partition coefficient (Wildman–Crippen LogP) is 4.51. The molecule has 4 nitrogen and oxygen atoms in total. The van der Waals surface area contributed by atoms with E-state index >= 15 is 0 Å². The number of likely N-dealkylation sites (N-methyl/N-ethyl adjacent to an activating group) is 1. The van der Waals surface area contributed by atoms with E-state index in [0.29, 0.717) is 23.1 Å². The molecular weight excluding hydrogens is 323 g/mol. The highest BCUT2D eigenvalue weighted by Crippen LogP contribution is 2.25. The lowest BCUT2D eigenvalue weighted by atomic mass is 10.1. The number of hydrogen-bond donors (Lipinski definition) is 1. The first-order valence-electron chi connectivity index (χ1n) is 7.22. The summed E-state index contributed by atoms with van der Waals surface area (Å²) in [6.07, 6.45) is -0.323. The van der Waals surface area contributed by atoms with Crippen LogP contribution in [0.2, 0.25) is 10.0 Å². The van der Waals surface area contributed by atoms with Gasteiger partial charge in [0.05, 0.1) is 10.0 Å². The fraction of sp³-hybridized carbons (Fsp3) is 0.562. The molecule has 124 valence electrons. The molecule has 0 bridgehead atoms. The van der Waals surface area contributed by atoms with Crippen molar-refractivity contribution in [3.8, 4) is 0 Å². The maximum Gasteiger partial charge on any atom is 0.410 e. The Morgan fingerprint density at radius 1 is 1.32 bits per heavy atom. The van der Waals surface area contributed by atoms with E-state index in [9.17, 15) is 4.79 Å². The third-order valence-corrected chi connectivity index (χ3v) is 3.79. The fourth-order valence-corrected chi connectivity index (χ4v) is 2.09. The fourth-order valence-electron chi connectivity index (χ4n) is 1.78. The highest BCUT2D eigenvalue weighted by molar-refractivity contribution is 6.42. The molecule has 1 unspecified atom stereocenters. The molecule has 1 amide bonds. The lowest BCUT2D eigenvalue weighted by molar-refractivity contribution is 0.0299. The van der Waals surface area contributed by atoms with Crippen LogP contribution in [0.15, 0.2) is 18.2 Å². The minimum absolute atomic E-state index is 0.113. The van der Waals surface area contributed by atoms with Gasteiger partial charge in [0.1, 0.15) is 5.60 Å². The van der Waals surface area contributed by atoms with Gasteiger partial charge in [-0.15, -0.1) is 0 Å². The van der Waals surface area contributed by atoms with E-state index in [2.05, 4.69) is 5.32 Å². The topological polar surface area (TPSA) is 41.6 Å². The monoisotopic (exact) mass is 346 g/mol. The van der Waals surface area contributed by atoms with Gasteiger partial charge in [0.15, 0.2) is 0 Å². The van der Waals surface area contributed by atoms with Gasteiger partial charge >= 0.3 is 6.09 Å². The standard InChI is InChI=1S/C16H24Cl2N2O2/c1-11(12-6-7-13(17)14(18)10-12)19-8-9-20(5)15(21)22-16(2,3)4/h6-7,10-11,19H,8-9H2,1-5H3. The normalized spacial score (nSPS) is 12.9. The van der Waals surface area contributed by atoms with E-state index < -0.39 is 5.60 Å². The Kier molecular flexibility index (Phi) is 6.98. The van der Waals surface area contributed by atoms with Gasteiger partial charge < -0.3 is 15.0 Å². The molecule has 1 atom stereocenters. The minimum atomic E-state index is -0.480. The van der Waals surface area contributed by atoms with Crippen molar-refractivity contribution in [3.63, 3.8) is 0 Å². The molecule has 1 rings (SSSR count). The zero-order valence-electron chi connectivity index (χ0n) is 13.7. The Morgan fingerprint density at radius 3 is 2.50 bits per heavy atom. The zero-order chi connectivity index (χ0) is 16.9. The third-order valence-electron chi connectivity index (χ3n) is 3.05. The molecule has 1 aromatic rings. The van der Waals surface area contributed by atoms with E-state index in [4.69, 9.17) is 27.9 Å². The summed E-state index contributed by atoms with van der Waals surface area (Å²) < 4.78 is 5.30. The molecule has 0 aliphatic carbocycles. The van der Waals surface area contributed by atoms with Crippen LogP contribution >= 0.6 is 23.2 Å². The molecule has 0 saturated carbocycles. The summed E-state index contributed by atoms with van der Waals surface area (Å²) in [5.74, 6) is 0. The van der Waals surface area contributed by atoms with Gasteiger partial charge in [0.25, 0.3) is 0 Å². The average molecular weight is 347 g/mol. The van der Waals surface area contributed by atoms with E-state index in [1.807, 2.05) is 39.8 Å². The van der Waals surface area contributed by atoms with Gasteiger partial charge in [0.2, 0.25) is 0 Å². The van der Waals surface area contributed by atoms with Crippen molar-refractivity contribution in [3.05, 3.63) is 33.8 Å². The molecule has 0 fully saturated rings. The summed E-state index contributed by atoms with van der Waals surface area (Å²) in [5, 5.41) is 4.43. The van der Waals surface area contributed by atoms with Gasteiger partial charge in [-0.25, -0.2) is 4.79 Å². The Morgan fingerprint density at radius 2 is 1.95 bits per heavy atom. The van der Waals surface area contributed by atoms with Crippen LogP contribution in [0.25, 0.3) is 0 Å². The van der Waals surface area contributed by atoms with Crippen LogP contribution in [0.4, 0.5) is 4.79 Å². The Balaban J connectivity index is 2.43. The van der Waals surface area contributed by atoms with Crippen molar-refractivity contribution < 1.29 is 9.53 Å². The zero-order valence-corrected chi connectivity index (χ0v) is 15.3. The lowest BCUT2D eigenvalue weighted by Gasteiger charge is -2.25. The Bertz CT molecular complexity index is 515. The average Bonchev–Trinajstić information content (AvgIpc) is 2.39. The van der Waals surface area contributed by atoms with Gasteiger partial charge in [-0.3, -0.25) is 0 Å². The van der Waals surface area contributed by atoms with Crippen molar-refractivity contribution in [2.45, 2.75) is 39.3 Å². The highest BCUT2D eigenvalue weighted by atomic mass is 35.5. The highest BCUT2D eigenvalue weighted by Gasteiger charge is 2.19. The first kappa shape index (κ1) is 19.1. The molecule has 0 aliphatic rings. The quantitative estimate of drug-likeness (QED) is 0.852. The number of benzene rings is 1. The minimum Gasteiger partial charge on any atom is -0.444 e. The molecule has 22 heavy (non-hydrogen) atoms. The number of amides is 1. The number of hydrogen-bond acceptors (Lipinski definition) is 3. The van der Waals surface area contributed by atoms with Crippen LogP contribution in [0.5, 0.6) is 0 Å². The van der Waals surface area contributed by atoms with Crippen LogP contribution in [0.1, 0.15) is 39.3 Å². The van der Waals surface area contributed by atoms with Gasteiger partial charge in [-0.1, -0.05) is 29.3 Å². The summed E-state index contributed by atoms with van der Waals surface area (Å²) in [6, 6.07) is 5.68. The molecule has 1 N–H and O–H groups in total. The molecule has 0 aliphatic heterocycles. The molecule has 6 heteroatoms. The maximum absolute atomic E-state index is 11.8. The van der Waals surface area contributed by atoms with E-state index in [0.717, 1.165) is 5.56 Å². The van der Waals surface area contributed by atoms with Crippen LogP contribution in [0, 0.1) is 0 Å². The number of carbonyl (C=O) groups is 1. The van der Waals surface area contributed by atoms with Crippen LogP contribution in [-0.4, -0.2) is 36.7 Å². The summed E-state index contributed by atoms with van der Waals surface area (Å²) in [7, 11) is 1.72. The second-order valence-corrected chi connectivity index (χ2v) is 7.07. The number of rotatable bonds is 5. The first-order valence-corrected chi connectivity index (χ1v) is 7.98. The lowest BCUT2D eigenvalue weighted by Crippen LogP contribution is -2.38. The molecular formula is C16H24Cl2N2O2. The van der Waals surface area contributed by atoms with E-state index in [1.165, 1.54) is 0 Å². The van der Waals surface area contributed by atoms with E-state index in [-0.39, 0.29) is 12.1 Å². The molecule has 0 radical (unpaired) electrons. The van der Waals surface area contributed by atoms with Crippen molar-refractivity contribution >= 4 is 29.3 Å². The van der Waals surface area contributed by atoms with Gasteiger partial charge in [-0.2, -0.15) is 0 Å². The molecule has 0 spiro atoms. The van der Waals surface area contributed by atoms with Gasteiger partial charge in [-0.05, 0) is 45.4 Å². The molecule has 0 saturated heterocycles. The Hall–Kier alpha value is -0.970. The summed E-state index contributed by atoms with van der Waals surface area (Å²) in [4.78, 5) is 13.4. The van der Waals surface area contributed by atoms with Crippen molar-refractivity contribution in [2.24, 2.45) is 0 Å². The van der Waals surface area contributed by atoms with Crippen molar-refractivity contribution in [1.82, 2.24) is 10.2 Å². The SMILES string of the molecule is CC(NCCN(C)C(=O)OC(C)(C)C)c1ccc(Cl)c(Cl)c1. The van der Waals surface area contributed by atoms with Gasteiger partial charge in [0, 0.05) is 26.2 Å². The van der Waals surface area contributed by atoms with Crippen molar-refractivity contribution in [2.75, 3.05) is 20.1 Å². The summed E-state index contributed by atoms with van der Waals surface area (Å²) in [5.41, 5.74) is 0.570. The second-order valence-electron chi connectivity index (χ2n) is 6.25.